The first-order valence-corrected chi connectivity index (χ1v) is 11.9. The average Bonchev–Trinajstić information content (AvgIpc) is 3.14. The molecular formula is C26H40N6O. The minimum absolute atomic E-state index is 0.0556. The fraction of sp³-hybridized carbons (Fsp3) is 0.538. The molecule has 1 N–H and O–H groups in total. The van der Waals surface area contributed by atoms with Crippen molar-refractivity contribution in [1.29, 1.82) is 0 Å². The predicted molar refractivity (Wildman–Crippen MR) is 138 cm³/mol. The van der Waals surface area contributed by atoms with Crippen LogP contribution in [-0.4, -0.2) is 88.1 Å². The molecule has 0 aromatic rings. The monoisotopic (exact) mass is 452 g/mol. The summed E-state index contributed by atoms with van der Waals surface area (Å²) in [6.07, 6.45) is 20.2. The van der Waals surface area contributed by atoms with Crippen molar-refractivity contribution in [2.24, 2.45) is 16.0 Å². The van der Waals surface area contributed by atoms with Crippen LogP contribution in [0.2, 0.25) is 0 Å². The molecule has 0 aromatic carbocycles. The lowest BCUT2D eigenvalue weighted by atomic mass is 9.98. The second-order valence-electron chi connectivity index (χ2n) is 8.85. The molecular weight excluding hydrogens is 412 g/mol. The van der Waals surface area contributed by atoms with Gasteiger partial charge in [-0.1, -0.05) is 30.4 Å². The van der Waals surface area contributed by atoms with E-state index in [4.69, 9.17) is 4.74 Å². The molecule has 1 saturated heterocycles. The van der Waals surface area contributed by atoms with Crippen molar-refractivity contribution in [3.8, 4) is 0 Å². The molecule has 180 valence electrons. The maximum Gasteiger partial charge on any atom is 0.138 e. The van der Waals surface area contributed by atoms with E-state index in [9.17, 15) is 0 Å². The number of hydrazone groups is 1. The number of aliphatic imine (C=N–C) groups is 1. The van der Waals surface area contributed by atoms with Gasteiger partial charge < -0.3 is 19.6 Å². The van der Waals surface area contributed by atoms with Gasteiger partial charge in [-0.25, -0.2) is 0 Å². The molecule has 2 heterocycles. The lowest BCUT2D eigenvalue weighted by Gasteiger charge is -2.39. The SMILES string of the molecule is C/C=C(\C/C=N\C)C1=CCN(C)C(NCC2C=CC=C3OCCC3=C2)N(/C=N\N(C)C)CC1. The van der Waals surface area contributed by atoms with Crippen LogP contribution in [-0.2, 0) is 4.74 Å². The molecule has 0 aromatic heterocycles. The van der Waals surface area contributed by atoms with Gasteiger partial charge in [0.15, 0.2) is 0 Å². The van der Waals surface area contributed by atoms with Gasteiger partial charge in [0.25, 0.3) is 0 Å². The summed E-state index contributed by atoms with van der Waals surface area (Å²) in [5.41, 5.74) is 4.07. The summed E-state index contributed by atoms with van der Waals surface area (Å²) in [4.78, 5) is 8.83. The highest BCUT2D eigenvalue weighted by molar-refractivity contribution is 5.63. The van der Waals surface area contributed by atoms with Gasteiger partial charge >= 0.3 is 0 Å². The molecule has 1 aliphatic carbocycles. The zero-order chi connectivity index (χ0) is 23.6. The van der Waals surface area contributed by atoms with Crippen molar-refractivity contribution in [1.82, 2.24) is 20.1 Å². The van der Waals surface area contributed by atoms with E-state index in [0.717, 1.165) is 51.3 Å². The molecule has 3 aliphatic rings. The largest absolute Gasteiger partial charge is 0.493 e. The average molecular weight is 453 g/mol. The number of likely N-dealkylation sites (N-methyl/N-ethyl adjacent to an activating group) is 1. The third kappa shape index (κ3) is 7.17. The minimum atomic E-state index is 0.0556. The van der Waals surface area contributed by atoms with Gasteiger partial charge in [0.2, 0.25) is 0 Å². The summed E-state index contributed by atoms with van der Waals surface area (Å²) < 4.78 is 5.73. The van der Waals surface area contributed by atoms with Crippen LogP contribution >= 0.6 is 0 Å². The van der Waals surface area contributed by atoms with Crippen molar-refractivity contribution < 1.29 is 4.74 Å². The van der Waals surface area contributed by atoms with Crippen LogP contribution in [0.1, 0.15) is 26.2 Å². The lowest BCUT2D eigenvalue weighted by molar-refractivity contribution is 0.0948. The van der Waals surface area contributed by atoms with Crippen molar-refractivity contribution in [2.75, 3.05) is 54.4 Å². The van der Waals surface area contributed by atoms with E-state index in [1.165, 1.54) is 16.7 Å². The lowest BCUT2D eigenvalue weighted by Crippen LogP contribution is -2.56. The molecule has 2 unspecified atom stereocenters. The standard InChI is InChI=1S/C26H40N6O/c1-6-22(10-14-27-2)23-11-15-31(5)26(32(16-12-23)20-29-30(3)4)28-19-21-8-7-9-25-24(18-21)13-17-33-25/h6-9,11,14,18,20-21,26,28H,10,12-13,15-17,19H2,1-5H3/b22-6+,23-11?,27-14-,29-20-. The molecule has 33 heavy (non-hydrogen) atoms. The maximum absolute atomic E-state index is 5.73. The summed E-state index contributed by atoms with van der Waals surface area (Å²) in [7, 11) is 7.91. The first kappa shape index (κ1) is 25.0. The van der Waals surface area contributed by atoms with Gasteiger partial charge in [-0.2, -0.15) is 5.10 Å². The Morgan fingerprint density at radius 2 is 2.18 bits per heavy atom. The molecule has 0 amide bonds. The topological polar surface area (TPSA) is 55.7 Å². The Kier molecular flexibility index (Phi) is 9.51. The number of nitrogens with zero attached hydrogens (tertiary/aromatic N) is 5. The van der Waals surface area contributed by atoms with Crippen LogP contribution in [0.25, 0.3) is 0 Å². The Labute approximate surface area is 199 Å². The second kappa shape index (κ2) is 12.6. The van der Waals surface area contributed by atoms with E-state index in [0.29, 0.717) is 5.92 Å². The summed E-state index contributed by atoms with van der Waals surface area (Å²) in [6, 6.07) is 0. The Morgan fingerprint density at radius 1 is 1.33 bits per heavy atom. The zero-order valence-electron chi connectivity index (χ0n) is 20.9. The highest BCUT2D eigenvalue weighted by Crippen LogP contribution is 2.27. The quantitative estimate of drug-likeness (QED) is 0.348. The molecule has 7 heteroatoms. The van der Waals surface area contributed by atoms with Crippen LogP contribution in [0.15, 0.2) is 69.0 Å². The molecule has 3 rings (SSSR count). The zero-order valence-corrected chi connectivity index (χ0v) is 20.9. The van der Waals surface area contributed by atoms with Crippen LogP contribution in [0.5, 0.6) is 0 Å². The van der Waals surface area contributed by atoms with Crippen LogP contribution in [0.4, 0.5) is 0 Å². The fourth-order valence-electron chi connectivity index (χ4n) is 4.34. The van der Waals surface area contributed by atoms with Gasteiger partial charge in [-0.3, -0.25) is 10.2 Å². The van der Waals surface area contributed by atoms with E-state index < -0.39 is 0 Å². The van der Waals surface area contributed by atoms with Crippen molar-refractivity contribution in [3.05, 3.63) is 58.9 Å². The first-order chi connectivity index (χ1) is 16.0. The smallest absolute Gasteiger partial charge is 0.138 e. The number of ether oxygens (including phenoxy) is 1. The number of rotatable bonds is 8. The molecule has 2 aliphatic heterocycles. The van der Waals surface area contributed by atoms with E-state index in [1.54, 1.807) is 0 Å². The van der Waals surface area contributed by atoms with Crippen LogP contribution < -0.4 is 5.32 Å². The third-order valence-corrected chi connectivity index (χ3v) is 6.18. The summed E-state index contributed by atoms with van der Waals surface area (Å²) >= 11 is 0. The number of nitrogens with one attached hydrogen (secondary N) is 1. The first-order valence-electron chi connectivity index (χ1n) is 11.9. The van der Waals surface area contributed by atoms with Crippen molar-refractivity contribution in [2.45, 2.75) is 32.5 Å². The summed E-state index contributed by atoms with van der Waals surface area (Å²) in [6.45, 7) is 5.50. The number of hydrogen-bond acceptors (Lipinski definition) is 6. The van der Waals surface area contributed by atoms with Gasteiger partial charge in [0.1, 0.15) is 18.4 Å². The Morgan fingerprint density at radius 3 is 2.94 bits per heavy atom. The molecule has 0 saturated carbocycles. The fourth-order valence-corrected chi connectivity index (χ4v) is 4.34. The van der Waals surface area contributed by atoms with E-state index in [1.807, 2.05) is 38.7 Å². The normalized spacial score (nSPS) is 24.7. The highest BCUT2D eigenvalue weighted by atomic mass is 16.5. The summed E-state index contributed by atoms with van der Waals surface area (Å²) in [5.74, 6) is 1.36. The van der Waals surface area contributed by atoms with E-state index in [2.05, 4.69) is 75.6 Å². The number of allylic oxidation sites excluding steroid dienone is 5. The molecule has 0 radical (unpaired) electrons. The predicted octanol–water partition coefficient (Wildman–Crippen LogP) is 3.38. The van der Waals surface area contributed by atoms with E-state index >= 15 is 0 Å². The molecule has 2 atom stereocenters. The molecule has 7 nitrogen and oxygen atoms in total. The van der Waals surface area contributed by atoms with Gasteiger partial charge in [-0.05, 0) is 43.2 Å². The Hall–Kier alpha value is -2.64. The summed E-state index contributed by atoms with van der Waals surface area (Å²) in [5, 5.41) is 10.2. The molecule has 0 bridgehead atoms. The minimum Gasteiger partial charge on any atom is -0.493 e. The third-order valence-electron chi connectivity index (χ3n) is 6.18. The van der Waals surface area contributed by atoms with E-state index in [-0.39, 0.29) is 6.29 Å². The molecule has 1 fully saturated rings. The highest BCUT2D eigenvalue weighted by Gasteiger charge is 2.24. The number of hydrogen-bond donors (Lipinski definition) is 1. The van der Waals surface area contributed by atoms with Gasteiger partial charge in [0.05, 0.1) is 6.61 Å². The van der Waals surface area contributed by atoms with Crippen LogP contribution in [0, 0.1) is 5.92 Å². The van der Waals surface area contributed by atoms with Gasteiger partial charge in [0, 0.05) is 65.8 Å². The van der Waals surface area contributed by atoms with Crippen LogP contribution in [0.3, 0.4) is 0 Å². The Balaban J connectivity index is 1.74. The Bertz CT molecular complexity index is 864. The van der Waals surface area contributed by atoms with Crippen molar-refractivity contribution in [3.63, 3.8) is 0 Å². The number of fused-ring (bicyclic) bond motifs is 1. The molecule has 0 spiro atoms. The van der Waals surface area contributed by atoms with Gasteiger partial charge in [-0.15, -0.1) is 0 Å². The van der Waals surface area contributed by atoms with Crippen molar-refractivity contribution >= 4 is 12.6 Å². The maximum atomic E-state index is 5.73. The second-order valence-corrected chi connectivity index (χ2v) is 8.85.